The number of carbonyl (C=O) groups is 2. The lowest BCUT2D eigenvalue weighted by Crippen LogP contribution is -2.24. The number of ether oxygens (including phenoxy) is 2. The van der Waals surface area contributed by atoms with Gasteiger partial charge in [0, 0.05) is 0 Å². The van der Waals surface area contributed by atoms with Gasteiger partial charge in [-0.05, 0) is 57.6 Å². The molecular weight excluding hydrogens is 552 g/mol. The Labute approximate surface area is 255 Å². The molecule has 0 aliphatic carbocycles. The molecule has 218 valence electrons. The van der Waals surface area contributed by atoms with Gasteiger partial charge in [0.05, 0.1) is 12.4 Å². The fraction of sp³-hybridized carbons (Fsp3) is 0.0556. The molecular formula is C36H30N4O4. The first-order chi connectivity index (χ1) is 21.6. The normalized spacial score (nSPS) is 10.9. The van der Waals surface area contributed by atoms with Gasteiger partial charge in [-0.3, -0.25) is 9.59 Å². The van der Waals surface area contributed by atoms with Gasteiger partial charge in [-0.25, -0.2) is 10.9 Å². The van der Waals surface area contributed by atoms with Crippen LogP contribution in [0.5, 0.6) is 11.5 Å². The molecule has 0 aliphatic rings. The molecule has 0 aliphatic heterocycles. The molecule has 5 aromatic rings. The molecule has 44 heavy (non-hydrogen) atoms. The van der Waals surface area contributed by atoms with Gasteiger partial charge in [-0.15, -0.1) is 0 Å². The van der Waals surface area contributed by atoms with Crippen LogP contribution in [0.25, 0.3) is 22.3 Å². The van der Waals surface area contributed by atoms with Crippen molar-refractivity contribution in [2.75, 3.05) is 13.2 Å². The molecule has 0 saturated heterocycles. The van der Waals surface area contributed by atoms with E-state index in [1.54, 1.807) is 0 Å². The third kappa shape index (κ3) is 8.99. The van der Waals surface area contributed by atoms with Crippen molar-refractivity contribution in [1.82, 2.24) is 10.9 Å². The number of amides is 2. The number of benzene rings is 5. The lowest BCUT2D eigenvalue weighted by molar-refractivity contribution is -0.123. The Morgan fingerprint density at radius 1 is 0.477 bits per heavy atom. The average molecular weight is 583 g/mol. The van der Waals surface area contributed by atoms with E-state index in [2.05, 4.69) is 21.1 Å². The highest BCUT2D eigenvalue weighted by atomic mass is 16.5. The maximum atomic E-state index is 12.1. The molecule has 5 rings (SSSR count). The van der Waals surface area contributed by atoms with E-state index >= 15 is 0 Å². The zero-order valence-electron chi connectivity index (χ0n) is 23.8. The molecule has 0 heterocycles. The molecule has 0 unspecified atom stereocenters. The van der Waals surface area contributed by atoms with Gasteiger partial charge < -0.3 is 9.47 Å². The summed E-state index contributed by atoms with van der Waals surface area (Å²) in [6.07, 6.45) is 3.05. The van der Waals surface area contributed by atoms with E-state index in [9.17, 15) is 9.59 Å². The second kappa shape index (κ2) is 15.3. The van der Waals surface area contributed by atoms with Gasteiger partial charge in [0.25, 0.3) is 11.8 Å². The lowest BCUT2D eigenvalue weighted by Gasteiger charge is -2.07. The van der Waals surface area contributed by atoms with E-state index in [1.807, 2.05) is 133 Å². The minimum absolute atomic E-state index is 0.158. The Morgan fingerprint density at radius 3 is 1.18 bits per heavy atom. The van der Waals surface area contributed by atoms with Gasteiger partial charge in [0.15, 0.2) is 13.2 Å². The van der Waals surface area contributed by atoms with E-state index in [0.29, 0.717) is 11.5 Å². The molecule has 0 spiro atoms. The number of nitrogens with zero attached hydrogens (tertiary/aromatic N) is 2. The Bertz CT molecular complexity index is 1570. The number of hydrogen-bond acceptors (Lipinski definition) is 6. The summed E-state index contributed by atoms with van der Waals surface area (Å²) in [5.74, 6) is 0.444. The van der Waals surface area contributed by atoms with Crippen LogP contribution < -0.4 is 20.3 Å². The molecule has 0 atom stereocenters. The van der Waals surface area contributed by atoms with E-state index in [0.717, 1.165) is 33.4 Å². The van der Waals surface area contributed by atoms with Crippen LogP contribution in [-0.2, 0) is 9.59 Å². The number of nitrogens with one attached hydrogen (secondary N) is 2. The van der Waals surface area contributed by atoms with Gasteiger partial charge >= 0.3 is 0 Å². The van der Waals surface area contributed by atoms with Gasteiger partial charge in [0.1, 0.15) is 11.5 Å². The molecule has 0 saturated carbocycles. The summed E-state index contributed by atoms with van der Waals surface area (Å²) in [7, 11) is 0. The SMILES string of the molecule is O=C(COc1ccc(-c2ccccc2)cc1)NN=Cc1ccc(C=NNC(=O)COc2ccc(-c3ccccc3)cc2)cc1. The smallest absolute Gasteiger partial charge is 0.277 e. The van der Waals surface area contributed by atoms with E-state index < -0.39 is 0 Å². The predicted molar refractivity (Wildman–Crippen MR) is 173 cm³/mol. The third-order valence-corrected chi connectivity index (χ3v) is 6.40. The van der Waals surface area contributed by atoms with Crippen molar-refractivity contribution >= 4 is 24.2 Å². The van der Waals surface area contributed by atoms with Crippen LogP contribution in [0.1, 0.15) is 11.1 Å². The molecule has 2 N–H and O–H groups in total. The highest BCUT2D eigenvalue weighted by Crippen LogP contribution is 2.23. The van der Waals surface area contributed by atoms with Gasteiger partial charge in [-0.1, -0.05) is 109 Å². The average Bonchev–Trinajstić information content (AvgIpc) is 3.08. The van der Waals surface area contributed by atoms with Crippen molar-refractivity contribution < 1.29 is 19.1 Å². The zero-order valence-corrected chi connectivity index (χ0v) is 23.8. The minimum Gasteiger partial charge on any atom is -0.484 e. The van der Waals surface area contributed by atoms with E-state index in [4.69, 9.17) is 9.47 Å². The summed E-state index contributed by atoms with van der Waals surface area (Å²) in [5, 5.41) is 7.96. The summed E-state index contributed by atoms with van der Waals surface area (Å²) < 4.78 is 11.1. The van der Waals surface area contributed by atoms with Crippen molar-refractivity contribution in [3.63, 3.8) is 0 Å². The Kier molecular flexibility index (Phi) is 10.2. The van der Waals surface area contributed by atoms with E-state index in [1.165, 1.54) is 12.4 Å². The molecule has 2 amide bonds. The van der Waals surface area contributed by atoms with Crippen LogP contribution in [0, 0.1) is 0 Å². The maximum Gasteiger partial charge on any atom is 0.277 e. The Morgan fingerprint density at radius 2 is 0.818 bits per heavy atom. The first kappa shape index (κ1) is 29.5. The summed E-state index contributed by atoms with van der Waals surface area (Å²) in [6, 6.07) is 42.4. The van der Waals surface area contributed by atoms with Crippen LogP contribution in [0.15, 0.2) is 144 Å². The molecule has 5 aromatic carbocycles. The summed E-state index contributed by atoms with van der Waals surface area (Å²) in [4.78, 5) is 24.2. The topological polar surface area (TPSA) is 101 Å². The molecule has 0 aromatic heterocycles. The first-order valence-corrected chi connectivity index (χ1v) is 13.9. The monoisotopic (exact) mass is 582 g/mol. The number of carbonyl (C=O) groups excluding carboxylic acids is 2. The highest BCUT2D eigenvalue weighted by Gasteiger charge is 2.04. The van der Waals surface area contributed by atoms with Crippen molar-refractivity contribution in [1.29, 1.82) is 0 Å². The van der Waals surface area contributed by atoms with Gasteiger partial charge in [0.2, 0.25) is 0 Å². The first-order valence-electron chi connectivity index (χ1n) is 13.9. The minimum atomic E-state index is -0.374. The fourth-order valence-electron chi connectivity index (χ4n) is 4.14. The quantitative estimate of drug-likeness (QED) is 0.138. The lowest BCUT2D eigenvalue weighted by atomic mass is 10.1. The van der Waals surface area contributed by atoms with Crippen molar-refractivity contribution in [3.05, 3.63) is 145 Å². The van der Waals surface area contributed by atoms with Gasteiger partial charge in [-0.2, -0.15) is 10.2 Å². The highest BCUT2D eigenvalue weighted by molar-refractivity contribution is 5.86. The molecule has 8 nitrogen and oxygen atoms in total. The molecule has 8 heteroatoms. The van der Waals surface area contributed by atoms with Crippen LogP contribution in [0.3, 0.4) is 0 Å². The standard InChI is InChI=1S/C36H30N4O4/c41-35(25-43-33-19-15-31(16-20-33)29-7-3-1-4-8-29)39-37-23-27-11-13-28(14-12-27)24-38-40-36(42)26-44-34-21-17-32(18-22-34)30-9-5-2-6-10-30/h1-24H,25-26H2,(H,39,41)(H,40,42). The predicted octanol–water partition coefficient (Wildman–Crippen LogP) is 6.08. The third-order valence-electron chi connectivity index (χ3n) is 6.40. The molecule has 0 fully saturated rings. The van der Waals surface area contributed by atoms with Crippen LogP contribution >= 0.6 is 0 Å². The summed E-state index contributed by atoms with van der Waals surface area (Å²) >= 11 is 0. The second-order valence-electron chi connectivity index (χ2n) is 9.61. The zero-order chi connectivity index (χ0) is 30.4. The maximum absolute atomic E-state index is 12.1. The van der Waals surface area contributed by atoms with Crippen LogP contribution in [-0.4, -0.2) is 37.5 Å². The van der Waals surface area contributed by atoms with Crippen molar-refractivity contribution in [3.8, 4) is 33.8 Å². The Balaban J connectivity index is 0.990. The van der Waals surface area contributed by atoms with Crippen molar-refractivity contribution in [2.24, 2.45) is 10.2 Å². The molecule has 0 bridgehead atoms. The fourth-order valence-corrected chi connectivity index (χ4v) is 4.14. The number of rotatable bonds is 12. The molecule has 0 radical (unpaired) electrons. The van der Waals surface area contributed by atoms with Crippen LogP contribution in [0.2, 0.25) is 0 Å². The largest absolute Gasteiger partial charge is 0.484 e. The number of hydrogen-bond donors (Lipinski definition) is 2. The number of hydrazone groups is 2. The summed E-state index contributed by atoms with van der Waals surface area (Å²) in [5.41, 5.74) is 10.8. The van der Waals surface area contributed by atoms with Crippen LogP contribution in [0.4, 0.5) is 0 Å². The Hall–Kier alpha value is -6.02. The van der Waals surface area contributed by atoms with Crippen molar-refractivity contribution in [2.45, 2.75) is 0 Å². The summed E-state index contributed by atoms with van der Waals surface area (Å²) in [6.45, 7) is -0.316. The second-order valence-corrected chi connectivity index (χ2v) is 9.61. The van der Waals surface area contributed by atoms with E-state index in [-0.39, 0.29) is 25.0 Å².